The van der Waals surface area contributed by atoms with E-state index in [0.717, 1.165) is 45.2 Å². The molecule has 16 heteroatoms. The van der Waals surface area contributed by atoms with E-state index in [9.17, 15) is 27.2 Å². The third-order valence-electron chi connectivity index (χ3n) is 11.9. The normalized spacial score (nSPS) is 24.4. The maximum atomic E-state index is 14.8. The van der Waals surface area contributed by atoms with E-state index >= 15 is 0 Å². The molecule has 2 amide bonds. The van der Waals surface area contributed by atoms with Crippen LogP contribution < -0.4 is 19.5 Å². The van der Waals surface area contributed by atoms with E-state index in [0.29, 0.717) is 47.7 Å². The van der Waals surface area contributed by atoms with Crippen LogP contribution in [-0.2, 0) is 24.6 Å². The molecule has 2 aromatic heterocycles. The fourth-order valence-corrected chi connectivity index (χ4v) is 9.77. The van der Waals surface area contributed by atoms with Crippen LogP contribution in [0.5, 0.6) is 11.5 Å². The Labute approximate surface area is 354 Å². The van der Waals surface area contributed by atoms with E-state index in [1.54, 1.807) is 24.1 Å². The van der Waals surface area contributed by atoms with Gasteiger partial charge in [-0.15, -0.1) is 11.3 Å². The number of pyridine rings is 1. The third kappa shape index (κ3) is 9.05. The average Bonchev–Trinajstić information content (AvgIpc) is 3.49. The molecule has 3 aliphatic rings. The average molecular weight is 861 g/mol. The minimum atomic E-state index is -4.14. The monoisotopic (exact) mass is 860 g/mol. The number of thiazole rings is 1. The predicted octanol–water partition coefficient (Wildman–Crippen LogP) is 7.18. The van der Waals surface area contributed by atoms with Crippen molar-refractivity contribution in [2.45, 2.75) is 96.2 Å². The number of ketones is 1. The lowest BCUT2D eigenvalue weighted by molar-refractivity contribution is -0.139. The predicted molar refractivity (Wildman–Crippen MR) is 230 cm³/mol. The van der Waals surface area contributed by atoms with Crippen LogP contribution in [0.3, 0.4) is 0 Å². The first-order chi connectivity index (χ1) is 28.6. The summed E-state index contributed by atoms with van der Waals surface area (Å²) in [6.45, 7) is 6.15. The third-order valence-corrected chi connectivity index (χ3v) is 14.2. The van der Waals surface area contributed by atoms with Crippen molar-refractivity contribution in [3.8, 4) is 22.2 Å². The molecule has 1 aliphatic carbocycles. The van der Waals surface area contributed by atoms with Gasteiger partial charge in [0.25, 0.3) is 0 Å². The van der Waals surface area contributed by atoms with Gasteiger partial charge in [0, 0.05) is 55.0 Å². The molecule has 1 saturated heterocycles. The summed E-state index contributed by atoms with van der Waals surface area (Å²) in [5.74, 6) is -0.785. The fourth-order valence-electron chi connectivity index (χ4n) is 8.21. The SMILES string of the molecule is COc1ccc2c(O[C@@H]3C[C@H]4C(=O)C[C@]5(C(=O)NS(=O)(=O)N(C)C)C[C@H]5/C=C\CCCCC[C@H](Nc5ccc(F)cc5)C(=O)N4C3)cc(-c3nc(C(C)C)cs3)nc2c1C. The van der Waals surface area contributed by atoms with Gasteiger partial charge in [-0.2, -0.15) is 12.7 Å². The lowest BCUT2D eigenvalue weighted by Gasteiger charge is -2.30. The number of nitrogens with zero attached hydrogens (tertiary/aromatic N) is 4. The number of fused-ring (bicyclic) bond motifs is 3. The highest BCUT2D eigenvalue weighted by molar-refractivity contribution is 7.87. The van der Waals surface area contributed by atoms with Crippen molar-refractivity contribution in [1.29, 1.82) is 0 Å². The summed E-state index contributed by atoms with van der Waals surface area (Å²) >= 11 is 1.49. The molecular weight excluding hydrogens is 808 g/mol. The minimum absolute atomic E-state index is 0.0669. The zero-order valence-corrected chi connectivity index (χ0v) is 36.5. The molecule has 2 aromatic carbocycles. The first-order valence-corrected chi connectivity index (χ1v) is 22.8. The molecule has 0 spiro atoms. The zero-order chi connectivity index (χ0) is 42.9. The number of nitrogens with one attached hydrogen (secondary N) is 2. The van der Waals surface area contributed by atoms with Gasteiger partial charge in [0.1, 0.15) is 40.2 Å². The molecule has 4 aromatic rings. The lowest BCUT2D eigenvalue weighted by Crippen LogP contribution is -2.49. The number of Topliss-reactive ketones (excluding diaryl/α,β-unsaturated/α-hetero) is 1. The molecule has 2 fully saturated rings. The number of rotatable bonds is 10. The number of ether oxygens (including phenoxy) is 2. The van der Waals surface area contributed by atoms with Crippen LogP contribution >= 0.6 is 11.3 Å². The summed E-state index contributed by atoms with van der Waals surface area (Å²) in [5.41, 5.74) is 2.30. The van der Waals surface area contributed by atoms with Crippen molar-refractivity contribution in [3.63, 3.8) is 0 Å². The van der Waals surface area contributed by atoms with E-state index in [1.165, 1.54) is 37.6 Å². The number of halogens is 1. The van der Waals surface area contributed by atoms with Crippen molar-refractivity contribution in [2.24, 2.45) is 11.3 Å². The maximum Gasteiger partial charge on any atom is 0.303 e. The maximum absolute atomic E-state index is 14.8. The summed E-state index contributed by atoms with van der Waals surface area (Å²) in [5, 5.41) is 6.78. The van der Waals surface area contributed by atoms with E-state index in [2.05, 4.69) is 23.9 Å². The number of carbonyl (C=O) groups is 3. The summed E-state index contributed by atoms with van der Waals surface area (Å²) < 4.78 is 55.2. The number of amides is 2. The fraction of sp³-hybridized carbons (Fsp3) is 0.477. The number of methoxy groups -OCH3 is 1. The number of aryl methyl sites for hydroxylation is 1. The quantitative estimate of drug-likeness (QED) is 0.157. The Kier molecular flexibility index (Phi) is 12.6. The van der Waals surface area contributed by atoms with E-state index in [4.69, 9.17) is 19.4 Å². The first kappa shape index (κ1) is 43.2. The first-order valence-electron chi connectivity index (χ1n) is 20.5. The summed E-state index contributed by atoms with van der Waals surface area (Å²) in [7, 11) is 0.113. The second-order valence-corrected chi connectivity index (χ2v) is 19.3. The number of anilines is 1. The number of benzene rings is 2. The van der Waals surface area contributed by atoms with Gasteiger partial charge in [0.05, 0.1) is 36.3 Å². The summed E-state index contributed by atoms with van der Waals surface area (Å²) in [4.78, 5) is 54.9. The van der Waals surface area contributed by atoms with Gasteiger partial charge < -0.3 is 19.7 Å². The van der Waals surface area contributed by atoms with Crippen LogP contribution in [0, 0.1) is 24.1 Å². The van der Waals surface area contributed by atoms with Gasteiger partial charge in [0.2, 0.25) is 11.8 Å². The Morgan fingerprint density at radius 2 is 1.83 bits per heavy atom. The van der Waals surface area contributed by atoms with Crippen LogP contribution in [0.4, 0.5) is 10.1 Å². The van der Waals surface area contributed by atoms with Gasteiger partial charge in [-0.25, -0.2) is 19.1 Å². The van der Waals surface area contributed by atoms with Crippen LogP contribution in [0.15, 0.2) is 60.0 Å². The highest BCUT2D eigenvalue weighted by atomic mass is 32.2. The summed E-state index contributed by atoms with van der Waals surface area (Å²) in [6.07, 6.45) is 7.00. The number of aromatic nitrogens is 2. The molecule has 320 valence electrons. The zero-order valence-electron chi connectivity index (χ0n) is 34.9. The molecule has 13 nitrogen and oxygen atoms in total. The van der Waals surface area contributed by atoms with E-state index in [1.807, 2.05) is 42.7 Å². The molecule has 0 bridgehead atoms. The highest BCUT2D eigenvalue weighted by Gasteiger charge is 2.61. The molecule has 2 aliphatic heterocycles. The van der Waals surface area contributed by atoms with Crippen LogP contribution in [0.2, 0.25) is 0 Å². The highest BCUT2D eigenvalue weighted by Crippen LogP contribution is 2.57. The van der Waals surface area contributed by atoms with Crippen LogP contribution in [-0.4, -0.2) is 91.1 Å². The number of allylic oxidation sites excluding steroid dienone is 2. The standard InChI is InChI=1S/C44H53FN6O7S2/c1-26(2)35-25-59-41(48-35)34-21-39(32-18-19-38(57-6)27(3)40(32)47-34)58-31-20-36-37(52)23-44(43(54)49-60(55,56)50(4)5)22-28(44)12-10-8-7-9-11-13-33(42(53)51(36)24-31)46-30-16-14-29(45)15-17-30/h10,12,14-19,21,25-26,28,31,33,36,46H,7-9,11,13,20,22-24H2,1-6H3,(H,49,54)/b12-10-/t28-,31-,33+,36+,44-/m1/s1. The second-order valence-electron chi connectivity index (χ2n) is 16.6. The lowest BCUT2D eigenvalue weighted by atomic mass is 9.91. The Morgan fingerprint density at radius 3 is 2.53 bits per heavy atom. The van der Waals surface area contributed by atoms with Crippen molar-refractivity contribution in [3.05, 3.63) is 77.1 Å². The number of carbonyl (C=O) groups excluding carboxylic acids is 3. The minimum Gasteiger partial charge on any atom is -0.496 e. The largest absolute Gasteiger partial charge is 0.496 e. The van der Waals surface area contributed by atoms with Crippen LogP contribution in [0.25, 0.3) is 21.6 Å². The number of hydrogen-bond acceptors (Lipinski definition) is 11. The molecule has 2 N–H and O–H groups in total. The molecule has 1 saturated carbocycles. The van der Waals surface area contributed by atoms with Gasteiger partial charge in [-0.1, -0.05) is 38.8 Å². The van der Waals surface area contributed by atoms with Gasteiger partial charge in [-0.3, -0.25) is 14.4 Å². The molecule has 5 atom stereocenters. The molecule has 4 heterocycles. The Hall–Kier alpha value is -4.93. The van der Waals surface area contributed by atoms with Gasteiger partial charge in [-0.05, 0) is 80.8 Å². The van der Waals surface area contributed by atoms with Gasteiger partial charge in [0.15, 0.2) is 5.78 Å². The molecular formula is C44H53FN6O7S2. The van der Waals surface area contributed by atoms with Crippen molar-refractivity contribution < 1.29 is 36.7 Å². The Morgan fingerprint density at radius 1 is 1.07 bits per heavy atom. The van der Waals surface area contributed by atoms with Crippen molar-refractivity contribution in [2.75, 3.05) is 33.1 Å². The Balaban J connectivity index is 1.26. The topological polar surface area (TPSA) is 160 Å². The number of hydrogen-bond donors (Lipinski definition) is 2. The van der Waals surface area contributed by atoms with E-state index < -0.39 is 45.5 Å². The molecule has 0 unspecified atom stereocenters. The van der Waals surface area contributed by atoms with E-state index in [-0.39, 0.29) is 42.9 Å². The smallest absolute Gasteiger partial charge is 0.303 e. The van der Waals surface area contributed by atoms with Crippen molar-refractivity contribution >= 4 is 55.7 Å². The second kappa shape index (κ2) is 17.6. The van der Waals surface area contributed by atoms with Gasteiger partial charge >= 0.3 is 10.2 Å². The Bertz CT molecular complexity index is 2400. The van der Waals surface area contributed by atoms with Crippen LogP contribution in [0.1, 0.15) is 82.4 Å². The molecule has 7 rings (SSSR count). The van der Waals surface area contributed by atoms with Crippen molar-refractivity contribution in [1.82, 2.24) is 23.9 Å². The molecule has 60 heavy (non-hydrogen) atoms. The molecule has 0 radical (unpaired) electrons. The summed E-state index contributed by atoms with van der Waals surface area (Å²) in [6, 6.07) is 9.66.